The predicted octanol–water partition coefficient (Wildman–Crippen LogP) is 2.50. The van der Waals surface area contributed by atoms with E-state index in [9.17, 15) is 0 Å². The molecule has 2 heterocycles. The van der Waals surface area contributed by atoms with Gasteiger partial charge in [-0.15, -0.1) is 12.4 Å². The Morgan fingerprint density at radius 3 is 2.86 bits per heavy atom. The van der Waals surface area contributed by atoms with E-state index < -0.39 is 0 Å². The number of halogens is 1. The number of hydrogen-bond acceptors (Lipinski definition) is 3. The Labute approximate surface area is 132 Å². The lowest BCUT2D eigenvalue weighted by Crippen LogP contribution is -2.32. The molecule has 1 unspecified atom stereocenters. The van der Waals surface area contributed by atoms with E-state index in [-0.39, 0.29) is 12.4 Å². The molecular weight excluding hydrogens is 284 g/mol. The number of aryl methyl sites for hydroxylation is 1. The Hall–Kier alpha value is -1.36. The van der Waals surface area contributed by atoms with Gasteiger partial charge in [0.25, 0.3) is 0 Å². The van der Waals surface area contributed by atoms with Crippen LogP contribution in [0, 0.1) is 6.92 Å². The van der Waals surface area contributed by atoms with E-state index in [4.69, 9.17) is 0 Å². The summed E-state index contributed by atoms with van der Waals surface area (Å²) in [5, 5.41) is 10.7. The van der Waals surface area contributed by atoms with Crippen LogP contribution in [-0.2, 0) is 13.1 Å². The molecule has 1 aliphatic rings. The van der Waals surface area contributed by atoms with E-state index in [1.807, 2.05) is 6.20 Å². The normalized spacial score (nSPS) is 18.6. The second kappa shape index (κ2) is 7.59. The molecule has 1 aromatic carbocycles. The van der Waals surface area contributed by atoms with E-state index in [2.05, 4.69) is 57.7 Å². The van der Waals surface area contributed by atoms with Crippen molar-refractivity contribution in [2.24, 2.45) is 0 Å². The number of aromatic amines is 1. The first-order valence-electron chi connectivity index (χ1n) is 7.30. The third-order valence-corrected chi connectivity index (χ3v) is 4.04. The van der Waals surface area contributed by atoms with Crippen LogP contribution in [0.1, 0.15) is 23.2 Å². The van der Waals surface area contributed by atoms with Gasteiger partial charge in [0.1, 0.15) is 0 Å². The molecule has 5 heteroatoms. The average Bonchev–Trinajstić information content (AvgIpc) is 3.07. The second-order valence-electron chi connectivity index (χ2n) is 5.61. The van der Waals surface area contributed by atoms with Crippen LogP contribution in [-0.4, -0.2) is 34.2 Å². The fourth-order valence-corrected chi connectivity index (χ4v) is 2.79. The minimum Gasteiger partial charge on any atom is -0.308 e. The number of benzene rings is 1. The molecular formula is C16H23ClN4. The molecule has 2 aromatic rings. The lowest BCUT2D eigenvalue weighted by atomic mass is 10.2. The van der Waals surface area contributed by atoms with Crippen molar-refractivity contribution in [2.45, 2.75) is 32.5 Å². The molecule has 0 aliphatic carbocycles. The molecule has 21 heavy (non-hydrogen) atoms. The summed E-state index contributed by atoms with van der Waals surface area (Å²) in [6.45, 7) is 6.35. The van der Waals surface area contributed by atoms with Crippen LogP contribution < -0.4 is 5.32 Å². The van der Waals surface area contributed by atoms with Gasteiger partial charge in [-0.3, -0.25) is 10.00 Å². The van der Waals surface area contributed by atoms with Crippen LogP contribution in [0.3, 0.4) is 0 Å². The van der Waals surface area contributed by atoms with Crippen molar-refractivity contribution in [2.75, 3.05) is 13.1 Å². The molecule has 1 fully saturated rings. The highest BCUT2D eigenvalue weighted by atomic mass is 35.5. The van der Waals surface area contributed by atoms with Gasteiger partial charge < -0.3 is 5.32 Å². The molecule has 3 rings (SSSR count). The fourth-order valence-electron chi connectivity index (χ4n) is 2.79. The van der Waals surface area contributed by atoms with Gasteiger partial charge in [0.2, 0.25) is 0 Å². The Balaban J connectivity index is 0.00000161. The van der Waals surface area contributed by atoms with E-state index >= 15 is 0 Å². The van der Waals surface area contributed by atoms with E-state index in [0.717, 1.165) is 25.3 Å². The standard InChI is InChI=1S/C16H22N4.ClH/c1-13-15(10-18-19-13)9-17-16-7-8-20(12-16)11-14-5-3-2-4-6-14;/h2-6,10,16-17H,7-9,11-12H2,1H3,(H,18,19);1H. The Kier molecular flexibility index (Phi) is 5.79. The van der Waals surface area contributed by atoms with Crippen molar-refractivity contribution in [3.63, 3.8) is 0 Å². The van der Waals surface area contributed by atoms with Crippen molar-refractivity contribution in [3.05, 3.63) is 53.3 Å². The first-order chi connectivity index (χ1) is 9.81. The van der Waals surface area contributed by atoms with Crippen molar-refractivity contribution in [1.82, 2.24) is 20.4 Å². The average molecular weight is 307 g/mol. The summed E-state index contributed by atoms with van der Waals surface area (Å²) in [6, 6.07) is 11.3. The maximum absolute atomic E-state index is 4.06. The minimum absolute atomic E-state index is 0. The van der Waals surface area contributed by atoms with E-state index in [0.29, 0.717) is 6.04 Å². The monoisotopic (exact) mass is 306 g/mol. The fraction of sp³-hybridized carbons (Fsp3) is 0.438. The first kappa shape index (κ1) is 16.0. The molecule has 114 valence electrons. The summed E-state index contributed by atoms with van der Waals surface area (Å²) in [5.41, 5.74) is 3.84. The Bertz CT molecular complexity index is 540. The van der Waals surface area contributed by atoms with Crippen LogP contribution in [0.15, 0.2) is 36.5 Å². The van der Waals surface area contributed by atoms with Gasteiger partial charge in [-0.05, 0) is 18.9 Å². The van der Waals surface area contributed by atoms with Crippen LogP contribution in [0.25, 0.3) is 0 Å². The zero-order valence-corrected chi connectivity index (χ0v) is 13.2. The second-order valence-corrected chi connectivity index (χ2v) is 5.61. The summed E-state index contributed by atoms with van der Waals surface area (Å²) >= 11 is 0. The highest BCUT2D eigenvalue weighted by Gasteiger charge is 2.22. The zero-order chi connectivity index (χ0) is 13.8. The molecule has 2 N–H and O–H groups in total. The molecule has 0 radical (unpaired) electrons. The molecule has 0 amide bonds. The molecule has 1 atom stereocenters. The van der Waals surface area contributed by atoms with Crippen molar-refractivity contribution in [1.29, 1.82) is 0 Å². The van der Waals surface area contributed by atoms with Gasteiger partial charge in [-0.2, -0.15) is 5.10 Å². The smallest absolute Gasteiger partial charge is 0.0535 e. The van der Waals surface area contributed by atoms with Crippen molar-refractivity contribution >= 4 is 12.4 Å². The Morgan fingerprint density at radius 1 is 1.33 bits per heavy atom. The number of nitrogens with zero attached hydrogens (tertiary/aromatic N) is 2. The number of nitrogens with one attached hydrogen (secondary N) is 2. The van der Waals surface area contributed by atoms with Gasteiger partial charge in [-0.25, -0.2) is 0 Å². The summed E-state index contributed by atoms with van der Waals surface area (Å²) in [4.78, 5) is 2.52. The maximum Gasteiger partial charge on any atom is 0.0535 e. The predicted molar refractivity (Wildman–Crippen MR) is 87.5 cm³/mol. The molecule has 0 spiro atoms. The van der Waals surface area contributed by atoms with E-state index in [1.165, 1.54) is 24.1 Å². The minimum atomic E-state index is 0. The number of hydrogen-bond donors (Lipinski definition) is 2. The maximum atomic E-state index is 4.06. The molecule has 0 saturated carbocycles. The van der Waals surface area contributed by atoms with Crippen LogP contribution >= 0.6 is 12.4 Å². The summed E-state index contributed by atoms with van der Waals surface area (Å²) in [6.07, 6.45) is 3.14. The van der Waals surface area contributed by atoms with Crippen molar-refractivity contribution < 1.29 is 0 Å². The van der Waals surface area contributed by atoms with Crippen LogP contribution in [0.5, 0.6) is 0 Å². The van der Waals surface area contributed by atoms with Crippen LogP contribution in [0.4, 0.5) is 0 Å². The zero-order valence-electron chi connectivity index (χ0n) is 12.4. The highest BCUT2D eigenvalue weighted by molar-refractivity contribution is 5.85. The third-order valence-electron chi connectivity index (χ3n) is 4.04. The summed E-state index contributed by atoms with van der Waals surface area (Å²) in [7, 11) is 0. The van der Waals surface area contributed by atoms with Gasteiger partial charge in [0.05, 0.1) is 6.20 Å². The lowest BCUT2D eigenvalue weighted by Gasteiger charge is -2.16. The SMILES string of the molecule is Cc1[nH]ncc1CNC1CCN(Cc2ccccc2)C1.Cl. The van der Waals surface area contributed by atoms with Gasteiger partial charge in [-0.1, -0.05) is 30.3 Å². The molecule has 1 saturated heterocycles. The molecule has 1 aliphatic heterocycles. The number of rotatable bonds is 5. The van der Waals surface area contributed by atoms with Gasteiger partial charge in [0, 0.05) is 43.5 Å². The molecule has 1 aromatic heterocycles. The summed E-state index contributed by atoms with van der Waals surface area (Å²) in [5.74, 6) is 0. The number of H-pyrrole nitrogens is 1. The van der Waals surface area contributed by atoms with Gasteiger partial charge in [0.15, 0.2) is 0 Å². The Morgan fingerprint density at radius 2 is 2.14 bits per heavy atom. The van der Waals surface area contributed by atoms with Gasteiger partial charge >= 0.3 is 0 Å². The van der Waals surface area contributed by atoms with E-state index in [1.54, 1.807) is 0 Å². The summed E-state index contributed by atoms with van der Waals surface area (Å²) < 4.78 is 0. The first-order valence-corrected chi connectivity index (χ1v) is 7.30. The van der Waals surface area contributed by atoms with Crippen LogP contribution in [0.2, 0.25) is 0 Å². The highest BCUT2D eigenvalue weighted by Crippen LogP contribution is 2.14. The molecule has 0 bridgehead atoms. The third kappa shape index (κ3) is 4.30. The quantitative estimate of drug-likeness (QED) is 0.892. The largest absolute Gasteiger partial charge is 0.308 e. The lowest BCUT2D eigenvalue weighted by molar-refractivity contribution is 0.320. The topological polar surface area (TPSA) is 44.0 Å². The number of likely N-dealkylation sites (tertiary alicyclic amines) is 1. The molecule has 4 nitrogen and oxygen atoms in total. The number of aromatic nitrogens is 2. The van der Waals surface area contributed by atoms with Crippen molar-refractivity contribution in [3.8, 4) is 0 Å².